The lowest BCUT2D eigenvalue weighted by Crippen LogP contribution is -2.27. The van der Waals surface area contributed by atoms with Gasteiger partial charge in [-0.25, -0.2) is 9.98 Å². The Hall–Kier alpha value is -3.24. The van der Waals surface area contributed by atoms with Crippen LogP contribution in [0.5, 0.6) is 5.75 Å². The van der Waals surface area contributed by atoms with E-state index in [1.165, 1.54) is 0 Å². The van der Waals surface area contributed by atoms with Crippen molar-refractivity contribution in [3.63, 3.8) is 0 Å². The van der Waals surface area contributed by atoms with Crippen LogP contribution in [0.25, 0.3) is 11.4 Å². The normalized spacial score (nSPS) is 14.2. The molecule has 3 aromatic rings. The first-order chi connectivity index (χ1) is 17.7. The molecule has 1 aliphatic rings. The number of aliphatic imine (C=N–C) groups is 1. The van der Waals surface area contributed by atoms with Gasteiger partial charge in [-0.1, -0.05) is 32.1 Å². The average molecular weight is 524 g/mol. The molecule has 0 amide bonds. The fraction of sp³-hybridized carbons (Fsp3) is 0.481. The van der Waals surface area contributed by atoms with Crippen LogP contribution in [0.4, 0.5) is 15.7 Å². The highest BCUT2D eigenvalue weighted by Gasteiger charge is 2.35. The van der Waals surface area contributed by atoms with Crippen LogP contribution in [-0.2, 0) is 4.74 Å². The van der Waals surface area contributed by atoms with Crippen LogP contribution in [0.3, 0.4) is 0 Å². The van der Waals surface area contributed by atoms with Gasteiger partial charge in [-0.15, -0.1) is 9.89 Å². The lowest BCUT2D eigenvalue weighted by molar-refractivity contribution is 0.205. The molecule has 3 heterocycles. The number of nitrogens with zero attached hydrogens (tertiary/aromatic N) is 7. The average Bonchev–Trinajstić information content (AvgIpc) is 3.57. The van der Waals surface area contributed by atoms with Crippen molar-refractivity contribution < 1.29 is 9.84 Å². The Bertz CT molecular complexity index is 1300. The van der Waals surface area contributed by atoms with E-state index in [9.17, 15) is 5.11 Å². The van der Waals surface area contributed by atoms with E-state index in [1.807, 2.05) is 18.2 Å². The molecule has 1 aliphatic heterocycles. The van der Waals surface area contributed by atoms with Gasteiger partial charge in [-0.3, -0.25) is 0 Å². The Morgan fingerprint density at radius 2 is 1.78 bits per heavy atom. The van der Waals surface area contributed by atoms with Crippen LogP contribution in [0, 0.1) is 5.41 Å². The van der Waals surface area contributed by atoms with Crippen molar-refractivity contribution in [2.45, 2.75) is 41.5 Å². The van der Waals surface area contributed by atoms with Crippen LogP contribution < -0.4 is 9.80 Å². The summed E-state index contributed by atoms with van der Waals surface area (Å²) >= 11 is 1.63. The highest BCUT2D eigenvalue weighted by Crippen LogP contribution is 2.36. The molecule has 0 spiro atoms. The summed E-state index contributed by atoms with van der Waals surface area (Å²) in [6.45, 7) is 16.8. The number of hydrogen-bond donors (Lipinski definition) is 1. The van der Waals surface area contributed by atoms with Gasteiger partial charge in [-0.2, -0.15) is 5.10 Å². The number of fused-ring (bicyclic) bond motifs is 1. The summed E-state index contributed by atoms with van der Waals surface area (Å²) in [5.74, 6) is 1.14. The molecule has 4 rings (SSSR count). The van der Waals surface area contributed by atoms with Gasteiger partial charge in [0.25, 0.3) is 0 Å². The van der Waals surface area contributed by atoms with Crippen molar-refractivity contribution in [1.82, 2.24) is 14.9 Å². The third-order valence-corrected chi connectivity index (χ3v) is 7.38. The Kier molecular flexibility index (Phi) is 7.99. The minimum Gasteiger partial charge on any atom is -0.507 e. The first-order valence-electron chi connectivity index (χ1n) is 12.8. The fourth-order valence-electron chi connectivity index (χ4n) is 4.26. The molecule has 0 saturated heterocycles. The maximum absolute atomic E-state index is 10.6. The highest BCUT2D eigenvalue weighted by molar-refractivity contribution is 7.19. The summed E-state index contributed by atoms with van der Waals surface area (Å²) in [5, 5.41) is 22.1. The highest BCUT2D eigenvalue weighted by atomic mass is 32.1. The van der Waals surface area contributed by atoms with Crippen molar-refractivity contribution in [1.29, 1.82) is 0 Å². The molecule has 0 aliphatic carbocycles. The van der Waals surface area contributed by atoms with Gasteiger partial charge in [0.1, 0.15) is 16.5 Å². The van der Waals surface area contributed by atoms with Crippen molar-refractivity contribution >= 4 is 38.4 Å². The van der Waals surface area contributed by atoms with Crippen LogP contribution in [0.1, 0.15) is 47.4 Å². The zero-order valence-corrected chi connectivity index (χ0v) is 23.6. The lowest BCUT2D eigenvalue weighted by Gasteiger charge is -2.21. The van der Waals surface area contributed by atoms with E-state index in [4.69, 9.17) is 19.8 Å². The van der Waals surface area contributed by atoms with E-state index in [0.29, 0.717) is 29.5 Å². The number of anilines is 2. The number of thiophene rings is 1. The van der Waals surface area contributed by atoms with E-state index < -0.39 is 0 Å². The third kappa shape index (κ3) is 5.55. The SMILES string of the molecule is CCN(CC)c1ccc(O)c(-c2nc3n(n2)N=C(C(C)(C)C)C3=Nc2ccc(N(CC)CCOC)s2)c1. The molecule has 1 aromatic carbocycles. The number of phenols is 1. The smallest absolute Gasteiger partial charge is 0.204 e. The number of rotatable bonds is 10. The Morgan fingerprint density at radius 3 is 2.43 bits per heavy atom. The molecule has 1 N–H and O–H groups in total. The fourth-order valence-corrected chi connectivity index (χ4v) is 5.24. The minimum absolute atomic E-state index is 0.136. The molecule has 0 saturated carbocycles. The molecular weight excluding hydrogens is 486 g/mol. The predicted molar refractivity (Wildman–Crippen MR) is 153 cm³/mol. The zero-order chi connectivity index (χ0) is 26.7. The van der Waals surface area contributed by atoms with Crippen LogP contribution >= 0.6 is 11.3 Å². The van der Waals surface area contributed by atoms with Gasteiger partial charge in [0.05, 0.1) is 22.9 Å². The summed E-state index contributed by atoms with van der Waals surface area (Å²) in [7, 11) is 1.72. The van der Waals surface area contributed by atoms with E-state index in [0.717, 1.165) is 47.6 Å². The number of methoxy groups -OCH3 is 1. The second-order valence-electron chi connectivity index (χ2n) is 9.87. The monoisotopic (exact) mass is 523 g/mol. The summed E-state index contributed by atoms with van der Waals surface area (Å²) < 4.78 is 5.26. The first kappa shape index (κ1) is 26.8. The molecule has 37 heavy (non-hydrogen) atoms. The molecule has 0 unspecified atom stereocenters. The predicted octanol–water partition coefficient (Wildman–Crippen LogP) is 5.42. The summed E-state index contributed by atoms with van der Waals surface area (Å²) in [6, 6.07) is 9.67. The Balaban J connectivity index is 1.74. The maximum atomic E-state index is 10.6. The zero-order valence-electron chi connectivity index (χ0n) is 22.8. The maximum Gasteiger partial charge on any atom is 0.204 e. The van der Waals surface area contributed by atoms with Crippen molar-refractivity contribution in [2.24, 2.45) is 15.5 Å². The van der Waals surface area contributed by atoms with Gasteiger partial charge < -0.3 is 19.6 Å². The number of ether oxygens (including phenoxy) is 1. The summed E-state index contributed by atoms with van der Waals surface area (Å²) in [6.07, 6.45) is 0. The summed E-state index contributed by atoms with van der Waals surface area (Å²) in [4.78, 5) is 15.9. The van der Waals surface area contributed by atoms with Crippen LogP contribution in [-0.4, -0.2) is 71.3 Å². The van der Waals surface area contributed by atoms with Gasteiger partial charge in [0, 0.05) is 44.4 Å². The molecule has 198 valence electrons. The molecular formula is C27H37N7O2S. The second kappa shape index (κ2) is 11.0. The van der Waals surface area contributed by atoms with Crippen LogP contribution in [0.2, 0.25) is 0 Å². The van der Waals surface area contributed by atoms with Gasteiger partial charge >= 0.3 is 0 Å². The number of aromatic hydroxyl groups is 1. The Labute approximate surface area is 223 Å². The molecule has 2 aromatic heterocycles. The first-order valence-corrected chi connectivity index (χ1v) is 13.6. The lowest BCUT2D eigenvalue weighted by atomic mass is 9.87. The molecule has 0 radical (unpaired) electrons. The number of hydrogen-bond acceptors (Lipinski definition) is 9. The molecule has 10 heteroatoms. The minimum atomic E-state index is -0.250. The van der Waals surface area contributed by atoms with E-state index in [1.54, 1.807) is 29.3 Å². The van der Waals surface area contributed by atoms with Crippen LogP contribution in [0.15, 0.2) is 40.4 Å². The van der Waals surface area contributed by atoms with E-state index in [-0.39, 0.29) is 11.2 Å². The van der Waals surface area contributed by atoms with Crippen molar-refractivity contribution in [2.75, 3.05) is 49.7 Å². The number of likely N-dealkylation sites (N-methyl/N-ethyl adjacent to an activating group) is 1. The van der Waals surface area contributed by atoms with E-state index in [2.05, 4.69) is 62.5 Å². The van der Waals surface area contributed by atoms with Crippen molar-refractivity contribution in [3.8, 4) is 17.1 Å². The number of phenolic OH excluding ortho intramolecular Hbond substituents is 1. The molecule has 0 atom stereocenters. The summed E-state index contributed by atoms with van der Waals surface area (Å²) in [5.41, 5.74) is 2.88. The topological polar surface area (TPSA) is 91.4 Å². The molecule has 9 nitrogen and oxygen atoms in total. The largest absolute Gasteiger partial charge is 0.507 e. The van der Waals surface area contributed by atoms with E-state index >= 15 is 0 Å². The standard InChI is InChI=1S/C27H37N7O2S/c1-8-32(9-2)18-11-12-20(35)19(17-18)25-29-26-23(24(27(4,5)6)30-34(26)31-25)28-21-13-14-22(37-21)33(10-3)15-16-36-7/h11-14,17,35H,8-10,15-16H2,1-7H3. The van der Waals surface area contributed by atoms with Gasteiger partial charge in [-0.05, 0) is 51.1 Å². The Morgan fingerprint density at radius 1 is 1.05 bits per heavy atom. The third-order valence-electron chi connectivity index (χ3n) is 6.34. The van der Waals surface area contributed by atoms with Gasteiger partial charge in [0.2, 0.25) is 5.82 Å². The molecule has 0 fully saturated rings. The number of benzene rings is 1. The second-order valence-corrected chi connectivity index (χ2v) is 10.9. The molecule has 0 bridgehead atoms. The van der Waals surface area contributed by atoms with Gasteiger partial charge in [0.15, 0.2) is 5.82 Å². The quantitative estimate of drug-likeness (QED) is 0.382. The van der Waals surface area contributed by atoms with Crippen molar-refractivity contribution in [3.05, 3.63) is 36.2 Å². The number of aromatic nitrogens is 3.